The molecule has 27 heavy (non-hydrogen) atoms. The number of benzene rings is 1. The smallest absolute Gasteiger partial charge is 0.409 e. The Morgan fingerprint density at radius 3 is 2.15 bits per heavy atom. The number of rotatable bonds is 7. The molecule has 154 valence electrons. The van der Waals surface area contributed by atoms with Crippen LogP contribution in [-0.4, -0.2) is 39.8 Å². The minimum Gasteiger partial charge on any atom is -0.491 e. The first-order chi connectivity index (χ1) is 12.2. The van der Waals surface area contributed by atoms with E-state index in [1.54, 1.807) is 6.07 Å². The number of hydrogen-bond donors (Lipinski definition) is 2. The van der Waals surface area contributed by atoms with Gasteiger partial charge in [0, 0.05) is 0 Å². The molecule has 0 saturated heterocycles. The Morgan fingerprint density at radius 2 is 1.70 bits per heavy atom. The Hall–Kier alpha value is -1.73. The maximum atomic E-state index is 11.2. The number of nitrogens with one attached hydrogen (secondary N) is 1. The van der Waals surface area contributed by atoms with Gasteiger partial charge in [0.05, 0.1) is 19.4 Å². The summed E-state index contributed by atoms with van der Waals surface area (Å²) in [5.74, 6) is 0.880. The molecule has 0 aliphatic heterocycles. The van der Waals surface area contributed by atoms with E-state index in [4.69, 9.17) is 19.0 Å². The van der Waals surface area contributed by atoms with Gasteiger partial charge in [-0.05, 0) is 41.2 Å². The second kappa shape index (κ2) is 8.52. The highest BCUT2D eigenvalue weighted by atomic mass is 28.4. The zero-order valence-corrected chi connectivity index (χ0v) is 19.1. The van der Waals surface area contributed by atoms with Gasteiger partial charge in [0.25, 0.3) is 0 Å². The van der Waals surface area contributed by atoms with Crippen LogP contribution >= 0.6 is 0 Å². The van der Waals surface area contributed by atoms with Crippen LogP contribution in [0.2, 0.25) is 18.1 Å². The first-order valence-corrected chi connectivity index (χ1v) is 12.1. The quantitative estimate of drug-likeness (QED) is 0.470. The molecule has 0 bridgehead atoms. The zero-order chi connectivity index (χ0) is 21.0. The van der Waals surface area contributed by atoms with Crippen molar-refractivity contribution in [2.75, 3.05) is 25.6 Å². The molecule has 0 heterocycles. The van der Waals surface area contributed by atoms with Crippen LogP contribution in [0.5, 0.6) is 11.5 Å². The second-order valence-corrected chi connectivity index (χ2v) is 14.0. The van der Waals surface area contributed by atoms with Gasteiger partial charge in [0.1, 0.15) is 6.61 Å². The molecule has 6 nitrogen and oxygen atoms in total. The van der Waals surface area contributed by atoms with Crippen LogP contribution in [0.25, 0.3) is 0 Å². The van der Waals surface area contributed by atoms with Gasteiger partial charge < -0.3 is 19.0 Å². The Labute approximate surface area is 164 Å². The molecule has 0 atom stereocenters. The molecule has 1 rings (SSSR count). The van der Waals surface area contributed by atoms with E-state index in [1.807, 2.05) is 6.07 Å². The van der Waals surface area contributed by atoms with Crippen LogP contribution in [0.15, 0.2) is 12.1 Å². The van der Waals surface area contributed by atoms with Gasteiger partial charge in [-0.2, -0.15) is 0 Å². The van der Waals surface area contributed by atoms with Gasteiger partial charge >= 0.3 is 6.09 Å². The third kappa shape index (κ3) is 6.43. The fourth-order valence-corrected chi connectivity index (χ4v) is 3.25. The summed E-state index contributed by atoms with van der Waals surface area (Å²) >= 11 is 0. The lowest BCUT2D eigenvalue weighted by molar-refractivity contribution is 0.198. The summed E-state index contributed by atoms with van der Waals surface area (Å²) in [4.78, 5) is 11.2. The molecule has 0 unspecified atom stereocenters. The summed E-state index contributed by atoms with van der Waals surface area (Å²) in [7, 11) is -0.342. The van der Waals surface area contributed by atoms with Crippen molar-refractivity contribution in [2.45, 2.75) is 65.1 Å². The van der Waals surface area contributed by atoms with E-state index in [2.05, 4.69) is 60.0 Å². The maximum absolute atomic E-state index is 11.2. The summed E-state index contributed by atoms with van der Waals surface area (Å²) in [6.45, 7) is 18.0. The third-order valence-corrected chi connectivity index (χ3v) is 9.51. The fraction of sp³-hybridized carbons (Fsp3) is 0.650. The number of carboxylic acid groups (broad SMARTS) is 1. The largest absolute Gasteiger partial charge is 0.491 e. The molecule has 1 aromatic carbocycles. The lowest BCUT2D eigenvalue weighted by Gasteiger charge is -2.36. The topological polar surface area (TPSA) is 77.0 Å². The van der Waals surface area contributed by atoms with Crippen molar-refractivity contribution in [3.8, 4) is 11.5 Å². The van der Waals surface area contributed by atoms with Gasteiger partial charge in [-0.1, -0.05) is 41.5 Å². The summed E-state index contributed by atoms with van der Waals surface area (Å²) in [5.41, 5.74) is 1.15. The molecule has 1 amide bonds. The Balaban J connectivity index is 3.03. The van der Waals surface area contributed by atoms with Crippen LogP contribution in [0.1, 0.15) is 47.1 Å². The average Bonchev–Trinajstić information content (AvgIpc) is 2.48. The lowest BCUT2D eigenvalue weighted by Crippen LogP contribution is -2.41. The zero-order valence-electron chi connectivity index (χ0n) is 18.1. The highest BCUT2D eigenvalue weighted by Gasteiger charge is 2.37. The van der Waals surface area contributed by atoms with Crippen molar-refractivity contribution >= 4 is 20.1 Å². The van der Waals surface area contributed by atoms with Crippen molar-refractivity contribution in [3.05, 3.63) is 17.7 Å². The van der Waals surface area contributed by atoms with Gasteiger partial charge in [-0.3, -0.25) is 5.32 Å². The van der Waals surface area contributed by atoms with Crippen LogP contribution < -0.4 is 14.8 Å². The molecule has 1 aromatic rings. The molecule has 0 radical (unpaired) electrons. The van der Waals surface area contributed by atoms with E-state index in [9.17, 15) is 4.79 Å². The highest BCUT2D eigenvalue weighted by molar-refractivity contribution is 6.74. The normalized spacial score (nSPS) is 12.6. The molecular formula is C20H35NO5Si. The van der Waals surface area contributed by atoms with Crippen molar-refractivity contribution in [3.63, 3.8) is 0 Å². The number of amides is 1. The molecular weight excluding hydrogens is 362 g/mol. The summed E-state index contributed by atoms with van der Waals surface area (Å²) in [6.07, 6.45) is -1.15. The van der Waals surface area contributed by atoms with Gasteiger partial charge in [-0.25, -0.2) is 4.79 Å². The predicted molar refractivity (Wildman–Crippen MR) is 112 cm³/mol. The van der Waals surface area contributed by atoms with E-state index in [0.717, 1.165) is 5.56 Å². The minimum atomic E-state index is -1.84. The molecule has 2 N–H and O–H groups in total. The first kappa shape index (κ1) is 23.3. The van der Waals surface area contributed by atoms with Crippen LogP contribution in [0.4, 0.5) is 10.5 Å². The standard InChI is InChI=1S/C20H35NO5Si/c1-19(2,3)14-12-15(21-18(22)23)17(24-7)16(13-14)25-10-11-26-27(8,9)20(4,5)6/h12-13,21H,10-11H2,1-9H3,(H,22,23). The van der Waals surface area contributed by atoms with Crippen molar-refractivity contribution in [2.24, 2.45) is 0 Å². The highest BCUT2D eigenvalue weighted by Crippen LogP contribution is 2.40. The third-order valence-electron chi connectivity index (χ3n) is 4.98. The van der Waals surface area contributed by atoms with Gasteiger partial charge in [0.15, 0.2) is 19.8 Å². The van der Waals surface area contributed by atoms with Gasteiger partial charge in [0.2, 0.25) is 0 Å². The number of carbonyl (C=O) groups is 1. The molecule has 0 fully saturated rings. The summed E-state index contributed by atoms with van der Waals surface area (Å²) in [5, 5.41) is 11.7. The van der Waals surface area contributed by atoms with Crippen molar-refractivity contribution in [1.82, 2.24) is 0 Å². The lowest BCUT2D eigenvalue weighted by atomic mass is 9.86. The number of methoxy groups -OCH3 is 1. The van der Waals surface area contributed by atoms with Crippen LogP contribution in [-0.2, 0) is 9.84 Å². The summed E-state index contributed by atoms with van der Waals surface area (Å²) in [6, 6.07) is 3.68. The average molecular weight is 398 g/mol. The Morgan fingerprint density at radius 1 is 1.11 bits per heavy atom. The van der Waals surface area contributed by atoms with E-state index in [0.29, 0.717) is 30.4 Å². The van der Waals surface area contributed by atoms with E-state index < -0.39 is 14.4 Å². The summed E-state index contributed by atoms with van der Waals surface area (Å²) < 4.78 is 17.5. The second-order valence-electron chi connectivity index (χ2n) is 9.19. The molecule has 0 aromatic heterocycles. The van der Waals surface area contributed by atoms with Gasteiger partial charge in [-0.15, -0.1) is 0 Å². The minimum absolute atomic E-state index is 0.134. The van der Waals surface area contributed by atoms with Crippen molar-refractivity contribution < 1.29 is 23.8 Å². The Bertz CT molecular complexity index is 660. The molecule has 7 heteroatoms. The molecule has 0 aliphatic rings. The fourth-order valence-electron chi connectivity index (χ4n) is 2.23. The van der Waals surface area contributed by atoms with Crippen LogP contribution in [0, 0.1) is 0 Å². The number of ether oxygens (including phenoxy) is 2. The molecule has 0 aliphatic carbocycles. The Kier molecular flexibility index (Phi) is 7.35. The first-order valence-electron chi connectivity index (χ1n) is 9.18. The SMILES string of the molecule is COc1c(NC(=O)O)cc(C(C)(C)C)cc1OCCO[Si](C)(C)C(C)(C)C. The molecule has 0 saturated carbocycles. The monoisotopic (exact) mass is 397 g/mol. The van der Waals surface area contributed by atoms with E-state index in [-0.39, 0.29) is 10.5 Å². The van der Waals surface area contributed by atoms with Crippen molar-refractivity contribution in [1.29, 1.82) is 0 Å². The maximum Gasteiger partial charge on any atom is 0.409 e. The van der Waals surface area contributed by atoms with E-state index >= 15 is 0 Å². The number of hydrogen-bond acceptors (Lipinski definition) is 4. The van der Waals surface area contributed by atoms with Crippen LogP contribution in [0.3, 0.4) is 0 Å². The van der Waals surface area contributed by atoms with E-state index in [1.165, 1.54) is 7.11 Å². The molecule has 0 spiro atoms. The number of anilines is 1. The predicted octanol–water partition coefficient (Wildman–Crippen LogP) is 5.48.